The van der Waals surface area contributed by atoms with E-state index in [0.717, 1.165) is 62.1 Å². The number of hydrogen-bond acceptors (Lipinski definition) is 3. The predicted molar refractivity (Wildman–Crippen MR) is 93.4 cm³/mol. The first-order valence-electron chi connectivity index (χ1n) is 8.06. The smallest absolute Gasteiger partial charge is 0.225 e. The maximum Gasteiger partial charge on any atom is 0.225 e. The quantitative estimate of drug-likeness (QED) is 0.846. The second kappa shape index (κ2) is 7.71. The van der Waals surface area contributed by atoms with Crippen LogP contribution in [0, 0.1) is 5.92 Å². The molecule has 2 aliphatic rings. The Morgan fingerprint density at radius 1 is 1.09 bits per heavy atom. The fourth-order valence-electron chi connectivity index (χ4n) is 3.23. The molecule has 2 aliphatic heterocycles. The number of benzene rings is 1. The van der Waals surface area contributed by atoms with Gasteiger partial charge in [0.1, 0.15) is 0 Å². The zero-order valence-electron chi connectivity index (χ0n) is 12.8. The minimum atomic E-state index is 0.240. The zero-order valence-corrected chi connectivity index (χ0v) is 14.4. The first-order valence-corrected chi connectivity index (χ1v) is 9.59. The van der Waals surface area contributed by atoms with E-state index in [1.54, 1.807) is 0 Å². The molecule has 1 amide bonds. The van der Waals surface area contributed by atoms with Gasteiger partial charge in [-0.3, -0.25) is 9.69 Å². The molecule has 22 heavy (non-hydrogen) atoms. The molecule has 0 aliphatic carbocycles. The summed E-state index contributed by atoms with van der Waals surface area (Å²) >= 11 is 7.88. The number of likely N-dealkylation sites (tertiary alicyclic amines) is 1. The molecule has 0 bridgehead atoms. The molecule has 0 spiro atoms. The standard InChI is InChI=1S/C17H23ClN2OS/c18-16-3-1-14(2-4-16)13-19-7-5-15(6-8-19)17(21)20-9-11-22-12-10-20/h1-4,15H,5-13H2. The molecule has 3 rings (SSSR count). The van der Waals surface area contributed by atoms with Gasteiger partial charge in [-0.2, -0.15) is 11.8 Å². The second-order valence-electron chi connectivity index (χ2n) is 6.11. The first kappa shape index (κ1) is 16.2. The summed E-state index contributed by atoms with van der Waals surface area (Å²) in [5, 5.41) is 0.785. The molecule has 120 valence electrons. The lowest BCUT2D eigenvalue weighted by Gasteiger charge is -2.35. The van der Waals surface area contributed by atoms with Gasteiger partial charge in [0, 0.05) is 42.1 Å². The molecule has 0 unspecified atom stereocenters. The van der Waals surface area contributed by atoms with Crippen molar-refractivity contribution in [2.45, 2.75) is 19.4 Å². The number of nitrogens with zero attached hydrogens (tertiary/aromatic N) is 2. The van der Waals surface area contributed by atoms with Crippen molar-refractivity contribution in [2.75, 3.05) is 37.7 Å². The number of rotatable bonds is 3. The molecule has 1 aromatic rings. The predicted octanol–water partition coefficient (Wildman–Crippen LogP) is 3.13. The van der Waals surface area contributed by atoms with Crippen LogP contribution in [-0.4, -0.2) is 53.4 Å². The number of carbonyl (C=O) groups excluding carboxylic acids is 1. The SMILES string of the molecule is O=C(C1CCN(Cc2ccc(Cl)cc2)CC1)N1CCSCC1. The van der Waals surface area contributed by atoms with Gasteiger partial charge in [-0.05, 0) is 43.6 Å². The highest BCUT2D eigenvalue weighted by molar-refractivity contribution is 7.99. The highest BCUT2D eigenvalue weighted by atomic mass is 35.5. The van der Waals surface area contributed by atoms with Crippen LogP contribution in [0.25, 0.3) is 0 Å². The lowest BCUT2D eigenvalue weighted by molar-refractivity contribution is -0.136. The molecule has 5 heteroatoms. The van der Waals surface area contributed by atoms with Crippen LogP contribution in [0.4, 0.5) is 0 Å². The maximum atomic E-state index is 12.5. The molecule has 2 fully saturated rings. The Morgan fingerprint density at radius 3 is 2.36 bits per heavy atom. The van der Waals surface area contributed by atoms with Crippen molar-refractivity contribution in [2.24, 2.45) is 5.92 Å². The van der Waals surface area contributed by atoms with E-state index in [-0.39, 0.29) is 5.92 Å². The normalized spacial score (nSPS) is 21.0. The van der Waals surface area contributed by atoms with E-state index < -0.39 is 0 Å². The molecular formula is C17H23ClN2OS. The summed E-state index contributed by atoms with van der Waals surface area (Å²) in [6.45, 7) is 4.87. The van der Waals surface area contributed by atoms with Crippen LogP contribution in [0.3, 0.4) is 0 Å². The minimum absolute atomic E-state index is 0.240. The Balaban J connectivity index is 1.47. The third-order valence-corrected chi connectivity index (χ3v) is 5.77. The van der Waals surface area contributed by atoms with Crippen molar-refractivity contribution in [3.05, 3.63) is 34.9 Å². The number of piperidine rings is 1. The third kappa shape index (κ3) is 4.18. The second-order valence-corrected chi connectivity index (χ2v) is 7.78. The Hall–Kier alpha value is -0.710. The van der Waals surface area contributed by atoms with E-state index in [1.165, 1.54) is 5.56 Å². The number of hydrogen-bond donors (Lipinski definition) is 0. The lowest BCUT2D eigenvalue weighted by atomic mass is 9.95. The van der Waals surface area contributed by atoms with Gasteiger partial charge < -0.3 is 4.90 Å². The van der Waals surface area contributed by atoms with Gasteiger partial charge in [-0.15, -0.1) is 0 Å². The van der Waals surface area contributed by atoms with Gasteiger partial charge in [-0.1, -0.05) is 23.7 Å². The molecule has 0 saturated carbocycles. The minimum Gasteiger partial charge on any atom is -0.341 e. The van der Waals surface area contributed by atoms with Gasteiger partial charge in [-0.25, -0.2) is 0 Å². The van der Waals surface area contributed by atoms with Crippen molar-refractivity contribution in [3.63, 3.8) is 0 Å². The van der Waals surface area contributed by atoms with Gasteiger partial charge in [0.2, 0.25) is 5.91 Å². The molecule has 0 atom stereocenters. The van der Waals surface area contributed by atoms with Gasteiger partial charge in [0.05, 0.1) is 0 Å². The van der Waals surface area contributed by atoms with Crippen LogP contribution in [0.15, 0.2) is 24.3 Å². The fraction of sp³-hybridized carbons (Fsp3) is 0.588. The number of halogens is 1. The van der Waals surface area contributed by atoms with E-state index in [9.17, 15) is 4.79 Å². The summed E-state index contributed by atoms with van der Waals surface area (Å²) in [7, 11) is 0. The number of thioether (sulfide) groups is 1. The Bertz CT molecular complexity index is 494. The summed E-state index contributed by atoms with van der Waals surface area (Å²) in [4.78, 5) is 17.1. The van der Waals surface area contributed by atoms with Crippen LogP contribution in [-0.2, 0) is 11.3 Å². The topological polar surface area (TPSA) is 23.6 Å². The van der Waals surface area contributed by atoms with Crippen molar-refractivity contribution < 1.29 is 4.79 Å². The van der Waals surface area contributed by atoms with E-state index in [0.29, 0.717) is 5.91 Å². The van der Waals surface area contributed by atoms with Crippen molar-refractivity contribution >= 4 is 29.3 Å². The highest BCUT2D eigenvalue weighted by Gasteiger charge is 2.29. The number of amides is 1. The molecule has 3 nitrogen and oxygen atoms in total. The monoisotopic (exact) mass is 338 g/mol. The fourth-order valence-corrected chi connectivity index (χ4v) is 4.26. The van der Waals surface area contributed by atoms with Crippen LogP contribution in [0.5, 0.6) is 0 Å². The Kier molecular flexibility index (Phi) is 5.66. The van der Waals surface area contributed by atoms with E-state index in [2.05, 4.69) is 21.9 Å². The Labute approximate surface area is 142 Å². The molecule has 2 saturated heterocycles. The molecule has 1 aromatic carbocycles. The number of carbonyl (C=O) groups is 1. The zero-order chi connectivity index (χ0) is 15.4. The molecular weight excluding hydrogens is 316 g/mol. The van der Waals surface area contributed by atoms with Crippen LogP contribution in [0.1, 0.15) is 18.4 Å². The van der Waals surface area contributed by atoms with Crippen LogP contribution in [0.2, 0.25) is 5.02 Å². The average Bonchev–Trinajstić information content (AvgIpc) is 2.58. The summed E-state index contributed by atoms with van der Waals surface area (Å²) in [5.74, 6) is 2.83. The van der Waals surface area contributed by atoms with Crippen LogP contribution >= 0.6 is 23.4 Å². The Morgan fingerprint density at radius 2 is 1.73 bits per heavy atom. The van der Waals surface area contributed by atoms with Gasteiger partial charge >= 0.3 is 0 Å². The molecule has 0 radical (unpaired) electrons. The lowest BCUT2D eigenvalue weighted by Crippen LogP contribution is -2.45. The average molecular weight is 339 g/mol. The molecule has 0 aromatic heterocycles. The largest absolute Gasteiger partial charge is 0.341 e. The molecule has 2 heterocycles. The summed E-state index contributed by atoms with van der Waals surface area (Å²) in [6, 6.07) is 8.07. The van der Waals surface area contributed by atoms with E-state index >= 15 is 0 Å². The summed E-state index contributed by atoms with van der Waals surface area (Å²) in [5.41, 5.74) is 1.29. The summed E-state index contributed by atoms with van der Waals surface area (Å²) < 4.78 is 0. The van der Waals surface area contributed by atoms with E-state index in [4.69, 9.17) is 11.6 Å². The third-order valence-electron chi connectivity index (χ3n) is 4.58. The van der Waals surface area contributed by atoms with Crippen LogP contribution < -0.4 is 0 Å². The highest BCUT2D eigenvalue weighted by Crippen LogP contribution is 2.23. The van der Waals surface area contributed by atoms with Gasteiger partial charge in [0.15, 0.2) is 0 Å². The first-order chi connectivity index (χ1) is 10.7. The van der Waals surface area contributed by atoms with Gasteiger partial charge in [0.25, 0.3) is 0 Å². The van der Waals surface area contributed by atoms with Crippen molar-refractivity contribution in [1.29, 1.82) is 0 Å². The summed E-state index contributed by atoms with van der Waals surface area (Å²) in [6.07, 6.45) is 1.99. The maximum absolute atomic E-state index is 12.5. The van der Waals surface area contributed by atoms with Crippen molar-refractivity contribution in [3.8, 4) is 0 Å². The molecule has 0 N–H and O–H groups in total. The van der Waals surface area contributed by atoms with E-state index in [1.807, 2.05) is 23.9 Å². The van der Waals surface area contributed by atoms with Crippen molar-refractivity contribution in [1.82, 2.24) is 9.80 Å².